The van der Waals surface area contributed by atoms with Crippen molar-refractivity contribution in [1.82, 2.24) is 0 Å². The van der Waals surface area contributed by atoms with Gasteiger partial charge in [0.2, 0.25) is 0 Å². The largest absolute Gasteiger partial charge is 0.756 e. The van der Waals surface area contributed by atoms with E-state index in [1.165, 1.54) is 96.3 Å². The fourth-order valence-corrected chi connectivity index (χ4v) is 6.26. The van der Waals surface area contributed by atoms with Gasteiger partial charge in [0.15, 0.2) is 6.10 Å². The number of likely N-dealkylation sites (N-methyl/N-ethyl adjacent to an activating group) is 1. The zero-order valence-corrected chi connectivity index (χ0v) is 34.0. The summed E-state index contributed by atoms with van der Waals surface area (Å²) in [4.78, 5) is 37.4. The van der Waals surface area contributed by atoms with Crippen LogP contribution in [-0.2, 0) is 32.7 Å². The molecule has 10 heteroatoms. The number of ether oxygens (including phenoxy) is 2. The van der Waals surface area contributed by atoms with Crippen LogP contribution in [0.4, 0.5) is 0 Å². The van der Waals surface area contributed by atoms with Crippen LogP contribution in [0.5, 0.6) is 0 Å². The lowest BCUT2D eigenvalue weighted by molar-refractivity contribution is -0.870. The van der Waals surface area contributed by atoms with Crippen LogP contribution < -0.4 is 4.89 Å². The van der Waals surface area contributed by atoms with Gasteiger partial charge in [-0.1, -0.05) is 142 Å². The Hall–Kier alpha value is -1.25. The Labute approximate surface area is 307 Å². The average molecular weight is 732 g/mol. The third-order valence-electron chi connectivity index (χ3n) is 8.79. The molecule has 0 spiro atoms. The van der Waals surface area contributed by atoms with E-state index in [9.17, 15) is 19.0 Å². The van der Waals surface area contributed by atoms with Gasteiger partial charge in [0, 0.05) is 12.8 Å². The second kappa shape index (κ2) is 33.6. The van der Waals surface area contributed by atoms with E-state index in [4.69, 9.17) is 18.5 Å². The van der Waals surface area contributed by atoms with Crippen molar-refractivity contribution in [3.63, 3.8) is 0 Å². The highest BCUT2D eigenvalue weighted by atomic mass is 31.2. The predicted octanol–water partition coefficient (Wildman–Crippen LogP) is 10.4. The molecule has 0 saturated carbocycles. The van der Waals surface area contributed by atoms with E-state index in [0.717, 1.165) is 51.4 Å². The molecule has 0 heterocycles. The number of carbonyl (C=O) groups is 2. The maximum Gasteiger partial charge on any atom is 0.306 e. The normalized spacial score (nSPS) is 13.8. The van der Waals surface area contributed by atoms with E-state index in [2.05, 4.69) is 26.0 Å². The SMILES string of the molecule is CCCCCCCC/C=C/CCCCCCC(=O)O[C@H](COC(=O)CCCCCCCCCCCCCC)COP(=O)([O-])OCC[N+](C)(C)C. The Morgan fingerprint density at radius 3 is 1.48 bits per heavy atom. The molecule has 0 bridgehead atoms. The zero-order chi connectivity index (χ0) is 37.2. The van der Waals surface area contributed by atoms with Crippen molar-refractivity contribution in [2.24, 2.45) is 0 Å². The molecule has 2 atom stereocenters. The Balaban J connectivity index is 4.41. The van der Waals surface area contributed by atoms with E-state index in [1.54, 1.807) is 0 Å². The summed E-state index contributed by atoms with van der Waals surface area (Å²) < 4.78 is 33.8. The second-order valence-corrected chi connectivity index (χ2v) is 16.4. The van der Waals surface area contributed by atoms with Crippen LogP contribution in [0, 0.1) is 0 Å². The van der Waals surface area contributed by atoms with Gasteiger partial charge in [-0.25, -0.2) is 0 Å². The van der Waals surface area contributed by atoms with Gasteiger partial charge in [0.05, 0.1) is 27.7 Å². The highest BCUT2D eigenvalue weighted by molar-refractivity contribution is 7.45. The van der Waals surface area contributed by atoms with Gasteiger partial charge in [-0.15, -0.1) is 0 Å². The Kier molecular flexibility index (Phi) is 32.7. The molecule has 0 aromatic carbocycles. The van der Waals surface area contributed by atoms with E-state index in [0.29, 0.717) is 17.4 Å². The van der Waals surface area contributed by atoms with Crippen LogP contribution in [0.2, 0.25) is 0 Å². The molecule has 0 aromatic heterocycles. The van der Waals surface area contributed by atoms with E-state index in [-0.39, 0.29) is 32.0 Å². The molecular weight excluding hydrogens is 653 g/mol. The molecule has 0 aliphatic rings. The maximum absolute atomic E-state index is 12.6. The summed E-state index contributed by atoms with van der Waals surface area (Å²) in [6.07, 6.45) is 32.3. The third-order valence-corrected chi connectivity index (χ3v) is 9.75. The lowest BCUT2D eigenvalue weighted by atomic mass is 10.0. The number of nitrogens with zero attached hydrogens (tertiary/aromatic N) is 1. The summed E-state index contributed by atoms with van der Waals surface area (Å²) in [6.45, 7) is 4.20. The topological polar surface area (TPSA) is 111 Å². The first kappa shape index (κ1) is 48.8. The minimum Gasteiger partial charge on any atom is -0.756 e. The molecule has 0 saturated heterocycles. The van der Waals surface area contributed by atoms with E-state index in [1.807, 2.05) is 21.1 Å². The summed E-state index contributed by atoms with van der Waals surface area (Å²) in [5.74, 6) is -0.843. The van der Waals surface area contributed by atoms with Gasteiger partial charge in [0.25, 0.3) is 7.82 Å². The molecule has 9 nitrogen and oxygen atoms in total. The average Bonchev–Trinajstić information content (AvgIpc) is 3.06. The first-order valence-electron chi connectivity index (χ1n) is 20.4. The standard InChI is InChI=1S/C40H78NO8P/c1-6-8-10-12-14-16-18-20-21-23-25-27-29-31-33-40(43)49-38(37-48-50(44,45)47-35-34-41(3,4)5)36-46-39(42)32-30-28-26-24-22-19-17-15-13-11-9-7-2/h20-21,38H,6-19,22-37H2,1-5H3/b21-20+/t38-/m1/s1. The van der Waals surface area contributed by atoms with Crippen LogP contribution in [0.15, 0.2) is 12.2 Å². The molecule has 0 aliphatic carbocycles. The van der Waals surface area contributed by atoms with Gasteiger partial charge in [-0.2, -0.15) is 0 Å². The Morgan fingerprint density at radius 1 is 0.600 bits per heavy atom. The first-order valence-corrected chi connectivity index (χ1v) is 21.9. The van der Waals surface area contributed by atoms with Crippen LogP contribution in [0.1, 0.15) is 181 Å². The molecule has 0 fully saturated rings. The molecule has 0 radical (unpaired) electrons. The highest BCUT2D eigenvalue weighted by Gasteiger charge is 2.21. The predicted molar refractivity (Wildman–Crippen MR) is 204 cm³/mol. The summed E-state index contributed by atoms with van der Waals surface area (Å²) in [5, 5.41) is 0. The first-order chi connectivity index (χ1) is 24.0. The van der Waals surface area contributed by atoms with Crippen molar-refractivity contribution in [2.75, 3.05) is 47.5 Å². The number of phosphoric acid groups is 1. The van der Waals surface area contributed by atoms with Crippen LogP contribution in [0.25, 0.3) is 0 Å². The Bertz CT molecular complexity index is 876. The van der Waals surface area contributed by atoms with Gasteiger partial charge >= 0.3 is 11.9 Å². The minimum atomic E-state index is -4.62. The van der Waals surface area contributed by atoms with Crippen molar-refractivity contribution in [3.05, 3.63) is 12.2 Å². The molecule has 0 aliphatic heterocycles. The van der Waals surface area contributed by atoms with E-state index < -0.39 is 26.5 Å². The number of allylic oxidation sites excluding steroid dienone is 2. The van der Waals surface area contributed by atoms with Crippen molar-refractivity contribution in [3.8, 4) is 0 Å². The summed E-state index contributed by atoms with van der Waals surface area (Å²) in [5.41, 5.74) is 0. The molecule has 0 rings (SSSR count). The van der Waals surface area contributed by atoms with Crippen LogP contribution >= 0.6 is 7.82 Å². The number of rotatable bonds is 37. The number of carbonyl (C=O) groups excluding carboxylic acids is 2. The monoisotopic (exact) mass is 732 g/mol. The summed E-state index contributed by atoms with van der Waals surface area (Å²) in [7, 11) is 1.16. The van der Waals surface area contributed by atoms with Gasteiger partial charge < -0.3 is 27.9 Å². The Morgan fingerprint density at radius 2 is 1.02 bits per heavy atom. The van der Waals surface area contributed by atoms with Crippen LogP contribution in [0.3, 0.4) is 0 Å². The maximum atomic E-state index is 12.6. The smallest absolute Gasteiger partial charge is 0.306 e. The number of esters is 2. The summed E-state index contributed by atoms with van der Waals surface area (Å²) >= 11 is 0. The quantitative estimate of drug-likeness (QED) is 0.0204. The molecular formula is C40H78NO8P. The number of hydrogen-bond donors (Lipinski definition) is 0. The lowest BCUT2D eigenvalue weighted by Crippen LogP contribution is -2.37. The van der Waals surface area contributed by atoms with Gasteiger partial charge in [-0.3, -0.25) is 14.2 Å². The zero-order valence-electron chi connectivity index (χ0n) is 33.1. The van der Waals surface area contributed by atoms with Gasteiger partial charge in [0.1, 0.15) is 19.8 Å². The van der Waals surface area contributed by atoms with Crippen molar-refractivity contribution < 1.29 is 42.1 Å². The fraction of sp³-hybridized carbons (Fsp3) is 0.900. The molecule has 0 N–H and O–H groups in total. The molecule has 296 valence electrons. The molecule has 1 unspecified atom stereocenters. The van der Waals surface area contributed by atoms with Crippen molar-refractivity contribution in [2.45, 2.75) is 187 Å². The molecule has 0 amide bonds. The van der Waals surface area contributed by atoms with Gasteiger partial charge in [-0.05, 0) is 38.5 Å². The molecule has 50 heavy (non-hydrogen) atoms. The third kappa shape index (κ3) is 36.5. The highest BCUT2D eigenvalue weighted by Crippen LogP contribution is 2.38. The van der Waals surface area contributed by atoms with E-state index >= 15 is 0 Å². The second-order valence-electron chi connectivity index (χ2n) is 15.0. The number of hydrogen-bond acceptors (Lipinski definition) is 8. The van der Waals surface area contributed by atoms with Crippen molar-refractivity contribution in [1.29, 1.82) is 0 Å². The number of quaternary nitrogens is 1. The number of phosphoric ester groups is 1. The minimum absolute atomic E-state index is 0.0301. The van der Waals surface area contributed by atoms with Crippen LogP contribution in [-0.4, -0.2) is 70.0 Å². The van der Waals surface area contributed by atoms with Crippen molar-refractivity contribution >= 4 is 19.8 Å². The summed E-state index contributed by atoms with van der Waals surface area (Å²) in [6, 6.07) is 0. The molecule has 0 aromatic rings. The number of unbranched alkanes of at least 4 members (excludes halogenated alkanes) is 21. The lowest BCUT2D eigenvalue weighted by Gasteiger charge is -2.28. The fourth-order valence-electron chi connectivity index (χ4n) is 5.53.